The van der Waals surface area contributed by atoms with Gasteiger partial charge in [-0.25, -0.2) is 0 Å². The van der Waals surface area contributed by atoms with Crippen LogP contribution >= 0.6 is 0 Å². The Morgan fingerprint density at radius 3 is 2.74 bits per heavy atom. The van der Waals surface area contributed by atoms with Crippen LogP contribution in [-0.2, 0) is 0 Å². The van der Waals surface area contributed by atoms with E-state index < -0.39 is 0 Å². The van der Waals surface area contributed by atoms with Gasteiger partial charge in [-0.3, -0.25) is 4.99 Å². The van der Waals surface area contributed by atoms with E-state index in [0.717, 1.165) is 13.0 Å². The average molecular weight is 265 g/mol. The second kappa shape index (κ2) is 7.71. The minimum Gasteiger partial charge on any atom is -0.370 e. The van der Waals surface area contributed by atoms with Crippen LogP contribution in [0, 0.1) is 0 Å². The molecule has 5 nitrogen and oxygen atoms in total. The molecule has 1 aliphatic rings. The third kappa shape index (κ3) is 4.50. The zero-order valence-corrected chi connectivity index (χ0v) is 12.3. The van der Waals surface area contributed by atoms with Crippen LogP contribution in [0.3, 0.4) is 0 Å². The van der Waals surface area contributed by atoms with Crippen molar-refractivity contribution in [2.75, 3.05) is 13.1 Å². The van der Waals surface area contributed by atoms with Crippen LogP contribution in [0.4, 0.5) is 0 Å². The fourth-order valence-electron chi connectivity index (χ4n) is 2.34. The van der Waals surface area contributed by atoms with E-state index >= 15 is 0 Å². The van der Waals surface area contributed by atoms with Gasteiger partial charge in [-0.15, -0.1) is 0 Å². The van der Waals surface area contributed by atoms with E-state index in [2.05, 4.69) is 54.0 Å². The smallest absolute Gasteiger partial charge is 0.185 e. The van der Waals surface area contributed by atoms with E-state index in [-0.39, 0.29) is 5.96 Å². The first-order chi connectivity index (χ1) is 9.10. The molecule has 0 radical (unpaired) electrons. The first kappa shape index (κ1) is 15.4. The van der Waals surface area contributed by atoms with Gasteiger partial charge >= 0.3 is 0 Å². The molecular weight excluding hydrogens is 238 g/mol. The molecule has 1 aliphatic heterocycles. The van der Waals surface area contributed by atoms with E-state index in [0.29, 0.717) is 12.6 Å². The zero-order valence-electron chi connectivity index (χ0n) is 12.3. The van der Waals surface area contributed by atoms with Gasteiger partial charge in [0.25, 0.3) is 0 Å². The summed E-state index contributed by atoms with van der Waals surface area (Å²) < 4.78 is 0. The van der Waals surface area contributed by atoms with E-state index in [9.17, 15) is 0 Å². The van der Waals surface area contributed by atoms with Crippen LogP contribution in [0.1, 0.15) is 40.0 Å². The monoisotopic (exact) mass is 265 g/mol. The number of hydrogen-bond acceptors (Lipinski definition) is 3. The van der Waals surface area contributed by atoms with Crippen molar-refractivity contribution >= 4 is 5.96 Å². The van der Waals surface area contributed by atoms with Gasteiger partial charge in [0, 0.05) is 31.5 Å². The summed E-state index contributed by atoms with van der Waals surface area (Å²) in [6, 6.07) is 0.537. The summed E-state index contributed by atoms with van der Waals surface area (Å²) in [6.07, 6.45) is 9.80. The van der Waals surface area contributed by atoms with Crippen LogP contribution in [0.25, 0.3) is 0 Å². The van der Waals surface area contributed by atoms with E-state index in [4.69, 9.17) is 11.5 Å². The fourth-order valence-corrected chi connectivity index (χ4v) is 2.34. The molecule has 0 fully saturated rings. The van der Waals surface area contributed by atoms with Crippen molar-refractivity contribution in [1.82, 2.24) is 9.80 Å². The molecule has 0 saturated heterocycles. The molecule has 0 spiro atoms. The maximum Gasteiger partial charge on any atom is 0.185 e. The van der Waals surface area contributed by atoms with E-state index in [1.54, 1.807) is 0 Å². The molecule has 0 aromatic heterocycles. The van der Waals surface area contributed by atoms with Crippen molar-refractivity contribution < 1.29 is 0 Å². The van der Waals surface area contributed by atoms with Crippen molar-refractivity contribution in [2.24, 2.45) is 16.5 Å². The Hall–Kier alpha value is -1.65. The molecule has 1 atom stereocenters. The summed E-state index contributed by atoms with van der Waals surface area (Å²) in [5.41, 5.74) is 10.6. The normalized spacial score (nSPS) is 18.2. The molecule has 1 unspecified atom stereocenters. The third-order valence-electron chi connectivity index (χ3n) is 3.26. The Balaban J connectivity index is 2.49. The minimum absolute atomic E-state index is 0.168. The molecule has 1 heterocycles. The van der Waals surface area contributed by atoms with Gasteiger partial charge in [-0.2, -0.15) is 0 Å². The van der Waals surface area contributed by atoms with Crippen LogP contribution in [-0.4, -0.2) is 34.9 Å². The first-order valence-corrected chi connectivity index (χ1v) is 7.05. The second-order valence-corrected chi connectivity index (χ2v) is 4.84. The minimum atomic E-state index is 0.168. The number of aliphatic imine (C=N–C) groups is 1. The summed E-state index contributed by atoms with van der Waals surface area (Å²) >= 11 is 0. The highest BCUT2D eigenvalue weighted by atomic mass is 15.4. The van der Waals surface area contributed by atoms with Crippen molar-refractivity contribution in [2.45, 2.75) is 46.1 Å². The number of hydrogen-bond donors (Lipinski definition) is 2. The maximum atomic E-state index is 5.32. The molecule has 19 heavy (non-hydrogen) atoms. The second-order valence-electron chi connectivity index (χ2n) is 4.84. The molecule has 1 rings (SSSR count). The Kier molecular flexibility index (Phi) is 6.25. The van der Waals surface area contributed by atoms with Gasteiger partial charge in [0.05, 0.1) is 0 Å². The average Bonchev–Trinajstić information content (AvgIpc) is 2.77. The number of nitrogens with zero attached hydrogens (tertiary/aromatic N) is 3. The SMILES string of the molecule is C/C=C1/N(CCCN=C(N)N)C=CN1C(C)CCC. The summed E-state index contributed by atoms with van der Waals surface area (Å²) in [7, 11) is 0. The van der Waals surface area contributed by atoms with Crippen LogP contribution in [0.15, 0.2) is 29.3 Å². The summed E-state index contributed by atoms with van der Waals surface area (Å²) in [5, 5.41) is 0. The van der Waals surface area contributed by atoms with Crippen LogP contribution < -0.4 is 11.5 Å². The predicted molar refractivity (Wildman–Crippen MR) is 81.1 cm³/mol. The summed E-state index contributed by atoms with van der Waals surface area (Å²) in [5.74, 6) is 1.42. The van der Waals surface area contributed by atoms with Gasteiger partial charge in [0.15, 0.2) is 5.96 Å². The standard InChI is InChI=1S/C14H27N5/c1-4-7-12(3)19-11-10-18(13(19)5-2)9-6-8-17-14(15)16/h5,10-12H,4,6-9H2,1-3H3,(H4,15,16,17)/b13-5-. The Bertz CT molecular complexity index is 355. The molecule has 0 saturated carbocycles. The van der Waals surface area contributed by atoms with Crippen LogP contribution in [0.5, 0.6) is 0 Å². The predicted octanol–water partition coefficient (Wildman–Crippen LogP) is 1.79. The van der Waals surface area contributed by atoms with Gasteiger partial charge < -0.3 is 21.3 Å². The zero-order chi connectivity index (χ0) is 14.3. The number of guanidine groups is 1. The van der Waals surface area contributed by atoms with Gasteiger partial charge in [0.1, 0.15) is 5.82 Å². The third-order valence-corrected chi connectivity index (χ3v) is 3.26. The van der Waals surface area contributed by atoms with Crippen LogP contribution in [0.2, 0.25) is 0 Å². The molecular formula is C14H27N5. The Labute approximate surface area is 116 Å². The van der Waals surface area contributed by atoms with Crippen molar-refractivity contribution in [3.8, 4) is 0 Å². The lowest BCUT2D eigenvalue weighted by molar-refractivity contribution is 0.287. The molecule has 0 aromatic rings. The molecule has 0 bridgehead atoms. The largest absolute Gasteiger partial charge is 0.370 e. The maximum absolute atomic E-state index is 5.32. The van der Waals surface area contributed by atoms with Gasteiger partial charge in [0.2, 0.25) is 0 Å². The molecule has 108 valence electrons. The Morgan fingerprint density at radius 2 is 2.16 bits per heavy atom. The van der Waals surface area contributed by atoms with Gasteiger partial charge in [-0.1, -0.05) is 13.3 Å². The highest BCUT2D eigenvalue weighted by molar-refractivity contribution is 5.75. The number of nitrogens with two attached hydrogens (primary N) is 2. The number of allylic oxidation sites excluding steroid dienone is 1. The lowest BCUT2D eigenvalue weighted by Crippen LogP contribution is -2.30. The molecule has 0 amide bonds. The van der Waals surface area contributed by atoms with Crippen molar-refractivity contribution in [3.63, 3.8) is 0 Å². The lowest BCUT2D eigenvalue weighted by Gasteiger charge is -2.29. The number of rotatable bonds is 7. The van der Waals surface area contributed by atoms with Crippen molar-refractivity contribution in [1.29, 1.82) is 0 Å². The molecule has 4 N–H and O–H groups in total. The summed E-state index contributed by atoms with van der Waals surface area (Å²) in [6.45, 7) is 8.17. The molecule has 0 aliphatic carbocycles. The van der Waals surface area contributed by atoms with E-state index in [1.807, 2.05) is 0 Å². The Morgan fingerprint density at radius 1 is 1.42 bits per heavy atom. The molecule has 0 aromatic carbocycles. The topological polar surface area (TPSA) is 70.9 Å². The lowest BCUT2D eigenvalue weighted by atomic mass is 10.2. The highest BCUT2D eigenvalue weighted by Crippen LogP contribution is 2.24. The van der Waals surface area contributed by atoms with Crippen molar-refractivity contribution in [3.05, 3.63) is 24.3 Å². The first-order valence-electron chi connectivity index (χ1n) is 7.05. The fraction of sp³-hybridized carbons (Fsp3) is 0.643. The quantitative estimate of drug-likeness (QED) is 0.418. The highest BCUT2D eigenvalue weighted by Gasteiger charge is 2.22. The van der Waals surface area contributed by atoms with E-state index in [1.165, 1.54) is 18.7 Å². The van der Waals surface area contributed by atoms with Gasteiger partial charge in [-0.05, 0) is 32.8 Å². The molecule has 5 heteroatoms. The summed E-state index contributed by atoms with van der Waals surface area (Å²) in [4.78, 5) is 8.60.